The van der Waals surface area contributed by atoms with E-state index in [1.807, 2.05) is 0 Å². The molecule has 0 aliphatic heterocycles. The molecule has 8 heavy (non-hydrogen) atoms. The monoisotopic (exact) mass is 216 g/mol. The molecule has 8 heteroatoms. The molecule has 0 aromatic carbocycles. The van der Waals surface area contributed by atoms with E-state index in [1.165, 1.54) is 0 Å². The van der Waals surface area contributed by atoms with Crippen LogP contribution < -0.4 is 0 Å². The summed E-state index contributed by atoms with van der Waals surface area (Å²) in [4.78, 5) is 15.3. The summed E-state index contributed by atoms with van der Waals surface area (Å²) in [6.45, 7) is 0. The molecule has 0 aliphatic rings. The van der Waals surface area contributed by atoms with E-state index in [2.05, 4.69) is 19.9 Å². The molecule has 0 bridgehead atoms. The van der Waals surface area contributed by atoms with Crippen LogP contribution in [-0.2, 0) is 41.6 Å². The summed E-state index contributed by atoms with van der Waals surface area (Å²) in [6.07, 6.45) is 0. The molecular formula is H3FeLiMnO4P. The van der Waals surface area contributed by atoms with Crippen LogP contribution in [0.2, 0.25) is 0 Å². The van der Waals surface area contributed by atoms with Crippen LogP contribution in [0, 0.1) is 0 Å². The zero-order valence-electron chi connectivity index (χ0n) is 2.89. The Kier molecular flexibility index (Phi) is 14.0. The van der Waals surface area contributed by atoms with Crippen molar-refractivity contribution >= 4 is 26.7 Å². The van der Waals surface area contributed by atoms with Gasteiger partial charge >= 0.3 is 61.0 Å². The van der Waals surface area contributed by atoms with Gasteiger partial charge in [0.2, 0.25) is 0 Å². The SMILES string of the molecule is O=P(O)(O)[O][Fe].[LiH].[Mn]. The smallest absolute Gasteiger partial charge is 0 e. The maximum atomic E-state index is 9.41. The second-order valence-corrected chi connectivity index (χ2v) is 2.27. The first-order valence-electron chi connectivity index (χ1n) is 0.909. The summed E-state index contributed by atoms with van der Waals surface area (Å²) in [6, 6.07) is 0. The van der Waals surface area contributed by atoms with Gasteiger partial charge in [-0.05, 0) is 0 Å². The van der Waals surface area contributed by atoms with Crippen molar-refractivity contribution < 1.29 is 51.4 Å². The molecule has 2 N–H and O–H groups in total. The van der Waals surface area contributed by atoms with E-state index in [-0.39, 0.29) is 35.9 Å². The van der Waals surface area contributed by atoms with Crippen LogP contribution in [-0.4, -0.2) is 28.6 Å². The number of rotatable bonds is 1. The van der Waals surface area contributed by atoms with Crippen molar-refractivity contribution in [2.75, 3.05) is 0 Å². The molecule has 0 aliphatic carbocycles. The van der Waals surface area contributed by atoms with Crippen LogP contribution in [0.5, 0.6) is 0 Å². The molecule has 0 unspecified atom stereocenters. The normalized spacial score (nSPS) is 8.88. The van der Waals surface area contributed by atoms with E-state index in [9.17, 15) is 4.57 Å². The first kappa shape index (κ1) is 16.4. The summed E-state index contributed by atoms with van der Waals surface area (Å²) in [5.74, 6) is 0. The van der Waals surface area contributed by atoms with E-state index in [1.54, 1.807) is 0 Å². The molecule has 0 saturated carbocycles. The van der Waals surface area contributed by atoms with Crippen LogP contribution in [0.4, 0.5) is 0 Å². The number of hydrogen-bond acceptors (Lipinski definition) is 2. The quantitative estimate of drug-likeness (QED) is 0.431. The van der Waals surface area contributed by atoms with E-state index < -0.39 is 7.82 Å². The molecule has 0 aromatic heterocycles. The van der Waals surface area contributed by atoms with Gasteiger partial charge in [0.15, 0.2) is 0 Å². The van der Waals surface area contributed by atoms with Gasteiger partial charge in [0.05, 0.1) is 0 Å². The van der Waals surface area contributed by atoms with Gasteiger partial charge in [-0.1, -0.05) is 0 Å². The first-order chi connectivity index (χ1) is 2.56. The summed E-state index contributed by atoms with van der Waals surface area (Å²) in [7, 11) is -4.26. The summed E-state index contributed by atoms with van der Waals surface area (Å²) < 4.78 is 12.8. The molecule has 0 saturated heterocycles. The first-order valence-corrected chi connectivity index (χ1v) is 2.89. The van der Waals surface area contributed by atoms with Crippen LogP contribution in [0.3, 0.4) is 0 Å². The third-order valence-corrected chi connectivity index (χ3v) is 1.04. The van der Waals surface area contributed by atoms with E-state index in [0.29, 0.717) is 0 Å². The van der Waals surface area contributed by atoms with Crippen molar-refractivity contribution in [1.29, 1.82) is 0 Å². The molecule has 0 aromatic rings. The molecule has 0 heterocycles. The fourth-order valence-corrected chi connectivity index (χ4v) is 0. The zero-order valence-corrected chi connectivity index (χ0v) is 6.07. The minimum absolute atomic E-state index is 0. The van der Waals surface area contributed by atoms with Crippen molar-refractivity contribution in [1.82, 2.24) is 0 Å². The minimum atomic E-state index is -4.26. The average Bonchev–Trinajstić information content (AvgIpc) is 1.35. The molecule has 4 nitrogen and oxygen atoms in total. The van der Waals surface area contributed by atoms with Gasteiger partial charge in [-0.3, -0.25) is 0 Å². The number of hydrogen-bond donors (Lipinski definition) is 2. The molecule has 1 radical (unpaired) electrons. The van der Waals surface area contributed by atoms with E-state index in [4.69, 9.17) is 9.79 Å². The van der Waals surface area contributed by atoms with Crippen molar-refractivity contribution in [3.05, 3.63) is 0 Å². The second-order valence-electron chi connectivity index (χ2n) is 0.555. The Morgan fingerprint density at radius 3 is 1.62 bits per heavy atom. The second kappa shape index (κ2) is 6.86. The summed E-state index contributed by atoms with van der Waals surface area (Å²) >= 11 is 2.49. The average molecular weight is 216 g/mol. The molecule has 0 fully saturated rings. The predicted molar refractivity (Wildman–Crippen MR) is 20.3 cm³/mol. The Labute approximate surface area is 77.8 Å². The molecule has 0 rings (SSSR count). The van der Waals surface area contributed by atoms with Crippen LogP contribution >= 0.6 is 7.82 Å². The van der Waals surface area contributed by atoms with Gasteiger partial charge in [0.25, 0.3) is 0 Å². The Bertz CT molecular complexity index is 80.1. The fraction of sp³-hybridized carbons (Fsp3) is 0. The molecule has 0 atom stereocenters. The van der Waals surface area contributed by atoms with Gasteiger partial charge in [0.1, 0.15) is 0 Å². The van der Waals surface area contributed by atoms with Gasteiger partial charge in [-0.2, -0.15) is 0 Å². The Hall–Kier alpha value is 1.75. The van der Waals surface area contributed by atoms with Gasteiger partial charge in [0, 0.05) is 17.1 Å². The molecule has 0 amide bonds. The topological polar surface area (TPSA) is 66.8 Å². The fourth-order valence-electron chi connectivity index (χ4n) is 0. The minimum Gasteiger partial charge on any atom is 0 e. The van der Waals surface area contributed by atoms with Gasteiger partial charge < -0.3 is 0 Å². The van der Waals surface area contributed by atoms with Gasteiger partial charge in [-0.25, -0.2) is 0 Å². The Balaban J connectivity index is -0.000000125. The maximum absolute atomic E-state index is 9.41. The standard InChI is InChI=1S/Fe.Li.Mn.H3O4P.H/c;;;1-5(2,3)4;/h;;;(H3,1,2,3,4);/q+1;;;;/p-1. The van der Waals surface area contributed by atoms with Crippen LogP contribution in [0.1, 0.15) is 0 Å². The number of phosphoric acid groups is 1. The van der Waals surface area contributed by atoms with Crippen molar-refractivity contribution in [2.45, 2.75) is 0 Å². The third kappa shape index (κ3) is 15.7. The molecule has 48 valence electrons. The largest absolute Gasteiger partial charge is 0 e. The van der Waals surface area contributed by atoms with Crippen LogP contribution in [0.15, 0.2) is 0 Å². The van der Waals surface area contributed by atoms with Crippen molar-refractivity contribution in [2.24, 2.45) is 0 Å². The molecular weight excluding hydrogens is 213 g/mol. The predicted octanol–water partition coefficient (Wildman–Crippen LogP) is -1.09. The van der Waals surface area contributed by atoms with Gasteiger partial charge in [-0.15, -0.1) is 0 Å². The zero-order chi connectivity index (χ0) is 5.21. The van der Waals surface area contributed by atoms with Crippen molar-refractivity contribution in [3.8, 4) is 0 Å². The summed E-state index contributed by atoms with van der Waals surface area (Å²) in [5, 5.41) is 0. The third-order valence-electron chi connectivity index (χ3n) is 0.0841. The summed E-state index contributed by atoms with van der Waals surface area (Å²) in [5.41, 5.74) is 0. The molecule has 0 spiro atoms. The Morgan fingerprint density at radius 1 is 1.50 bits per heavy atom. The van der Waals surface area contributed by atoms with Crippen molar-refractivity contribution in [3.63, 3.8) is 0 Å². The maximum Gasteiger partial charge on any atom is 0 e. The van der Waals surface area contributed by atoms with E-state index in [0.717, 1.165) is 0 Å². The van der Waals surface area contributed by atoms with Crippen LogP contribution in [0.25, 0.3) is 0 Å². The van der Waals surface area contributed by atoms with E-state index >= 15 is 0 Å². The Morgan fingerprint density at radius 2 is 1.62 bits per heavy atom.